The van der Waals surface area contributed by atoms with Crippen LogP contribution in [0.1, 0.15) is 25.3 Å². The van der Waals surface area contributed by atoms with Gasteiger partial charge < -0.3 is 15.5 Å². The highest BCUT2D eigenvalue weighted by Crippen LogP contribution is 2.16. The van der Waals surface area contributed by atoms with E-state index in [-0.39, 0.29) is 30.4 Å². The standard InChI is InChI=1S/C14H19NO4/c1-2-10(7-14(18)19)9-15-13(17)8-11-5-3-4-6-12(11)16/h3-6,10,16H,2,7-9H2,1H3,(H,15,17)(H,18,19). The van der Waals surface area contributed by atoms with Gasteiger partial charge in [0.25, 0.3) is 0 Å². The molecule has 0 radical (unpaired) electrons. The Morgan fingerprint density at radius 1 is 1.32 bits per heavy atom. The summed E-state index contributed by atoms with van der Waals surface area (Å²) >= 11 is 0. The molecule has 104 valence electrons. The number of para-hydroxylation sites is 1. The van der Waals surface area contributed by atoms with Crippen molar-refractivity contribution in [3.05, 3.63) is 29.8 Å². The zero-order valence-electron chi connectivity index (χ0n) is 10.9. The van der Waals surface area contributed by atoms with Crippen LogP contribution in [-0.4, -0.2) is 28.6 Å². The van der Waals surface area contributed by atoms with E-state index in [9.17, 15) is 14.7 Å². The van der Waals surface area contributed by atoms with Crippen LogP contribution in [-0.2, 0) is 16.0 Å². The van der Waals surface area contributed by atoms with Gasteiger partial charge in [-0.1, -0.05) is 31.5 Å². The fourth-order valence-corrected chi connectivity index (χ4v) is 1.76. The maximum Gasteiger partial charge on any atom is 0.303 e. The first-order valence-electron chi connectivity index (χ1n) is 6.28. The van der Waals surface area contributed by atoms with Crippen molar-refractivity contribution in [1.29, 1.82) is 0 Å². The zero-order chi connectivity index (χ0) is 14.3. The Morgan fingerprint density at radius 2 is 2.00 bits per heavy atom. The number of phenolic OH excluding ortho intramolecular Hbond substituents is 1. The Kier molecular flexibility index (Phi) is 5.85. The average molecular weight is 265 g/mol. The maximum atomic E-state index is 11.7. The Hall–Kier alpha value is -2.04. The Bertz CT molecular complexity index is 445. The molecule has 5 heteroatoms. The number of hydrogen-bond donors (Lipinski definition) is 3. The second-order valence-corrected chi connectivity index (χ2v) is 4.48. The van der Waals surface area contributed by atoms with E-state index < -0.39 is 5.97 Å². The second kappa shape index (κ2) is 7.41. The van der Waals surface area contributed by atoms with Crippen LogP contribution in [0.2, 0.25) is 0 Å². The van der Waals surface area contributed by atoms with E-state index in [1.807, 2.05) is 6.92 Å². The van der Waals surface area contributed by atoms with E-state index in [1.54, 1.807) is 18.2 Å². The molecule has 1 atom stereocenters. The number of phenols is 1. The van der Waals surface area contributed by atoms with Crippen molar-refractivity contribution in [2.24, 2.45) is 5.92 Å². The van der Waals surface area contributed by atoms with E-state index in [2.05, 4.69) is 5.32 Å². The first-order valence-corrected chi connectivity index (χ1v) is 6.28. The molecule has 0 spiro atoms. The van der Waals surface area contributed by atoms with Crippen molar-refractivity contribution >= 4 is 11.9 Å². The summed E-state index contributed by atoms with van der Waals surface area (Å²) in [5, 5.41) is 21.0. The minimum atomic E-state index is -0.859. The van der Waals surface area contributed by atoms with Gasteiger partial charge in [0.05, 0.1) is 6.42 Å². The zero-order valence-corrected chi connectivity index (χ0v) is 10.9. The normalized spacial score (nSPS) is 11.8. The Morgan fingerprint density at radius 3 is 2.58 bits per heavy atom. The van der Waals surface area contributed by atoms with Crippen molar-refractivity contribution < 1.29 is 19.8 Å². The van der Waals surface area contributed by atoms with Crippen molar-refractivity contribution in [2.45, 2.75) is 26.2 Å². The Labute approximate surface area is 112 Å². The third kappa shape index (κ3) is 5.42. The molecule has 0 aromatic heterocycles. The van der Waals surface area contributed by atoms with E-state index in [4.69, 9.17) is 5.11 Å². The predicted octanol–water partition coefficient (Wildman–Crippen LogP) is 1.55. The molecule has 0 aliphatic heterocycles. The van der Waals surface area contributed by atoms with E-state index >= 15 is 0 Å². The highest BCUT2D eigenvalue weighted by atomic mass is 16.4. The number of carboxylic acid groups (broad SMARTS) is 1. The van der Waals surface area contributed by atoms with Crippen molar-refractivity contribution in [3.8, 4) is 5.75 Å². The molecule has 0 fully saturated rings. The quantitative estimate of drug-likeness (QED) is 0.698. The minimum Gasteiger partial charge on any atom is -0.508 e. The van der Waals surface area contributed by atoms with Gasteiger partial charge in [0.1, 0.15) is 5.75 Å². The fraction of sp³-hybridized carbons (Fsp3) is 0.429. The van der Waals surface area contributed by atoms with Crippen LogP contribution in [0.15, 0.2) is 24.3 Å². The number of carbonyl (C=O) groups is 2. The number of nitrogens with one attached hydrogen (secondary N) is 1. The van der Waals surface area contributed by atoms with Crippen LogP contribution in [0.25, 0.3) is 0 Å². The number of aliphatic carboxylic acids is 1. The summed E-state index contributed by atoms with van der Waals surface area (Å²) in [7, 11) is 0. The molecule has 3 N–H and O–H groups in total. The van der Waals surface area contributed by atoms with E-state index in [0.29, 0.717) is 18.5 Å². The largest absolute Gasteiger partial charge is 0.508 e. The lowest BCUT2D eigenvalue weighted by Crippen LogP contribution is -2.31. The van der Waals surface area contributed by atoms with Crippen LogP contribution in [0.5, 0.6) is 5.75 Å². The van der Waals surface area contributed by atoms with Gasteiger partial charge in [-0.25, -0.2) is 0 Å². The number of benzene rings is 1. The lowest BCUT2D eigenvalue weighted by atomic mass is 10.0. The van der Waals surface area contributed by atoms with Crippen molar-refractivity contribution in [1.82, 2.24) is 5.32 Å². The summed E-state index contributed by atoms with van der Waals surface area (Å²) < 4.78 is 0. The third-order valence-corrected chi connectivity index (χ3v) is 2.97. The molecule has 0 aliphatic carbocycles. The van der Waals surface area contributed by atoms with Gasteiger partial charge >= 0.3 is 5.97 Å². The van der Waals surface area contributed by atoms with Crippen LogP contribution in [0, 0.1) is 5.92 Å². The Balaban J connectivity index is 2.43. The maximum absolute atomic E-state index is 11.7. The van der Waals surface area contributed by atoms with Gasteiger partial charge in [-0.05, 0) is 12.0 Å². The number of carboxylic acids is 1. The van der Waals surface area contributed by atoms with Crippen LogP contribution < -0.4 is 5.32 Å². The number of aromatic hydroxyl groups is 1. The molecule has 5 nitrogen and oxygen atoms in total. The van der Waals surface area contributed by atoms with Crippen LogP contribution in [0.3, 0.4) is 0 Å². The molecule has 0 saturated carbocycles. The molecule has 1 rings (SSSR count). The monoisotopic (exact) mass is 265 g/mol. The summed E-state index contributed by atoms with van der Waals surface area (Å²) in [6.07, 6.45) is 0.840. The fourth-order valence-electron chi connectivity index (χ4n) is 1.76. The molecule has 0 bridgehead atoms. The van der Waals surface area contributed by atoms with Crippen molar-refractivity contribution in [3.63, 3.8) is 0 Å². The molecule has 0 heterocycles. The molecular weight excluding hydrogens is 246 g/mol. The van der Waals surface area contributed by atoms with Gasteiger partial charge in [-0.3, -0.25) is 9.59 Å². The van der Waals surface area contributed by atoms with Gasteiger partial charge in [-0.15, -0.1) is 0 Å². The molecule has 19 heavy (non-hydrogen) atoms. The third-order valence-electron chi connectivity index (χ3n) is 2.97. The molecule has 1 aromatic carbocycles. The van der Waals surface area contributed by atoms with E-state index in [1.165, 1.54) is 6.07 Å². The number of hydrogen-bond acceptors (Lipinski definition) is 3. The second-order valence-electron chi connectivity index (χ2n) is 4.48. The van der Waals surface area contributed by atoms with Gasteiger partial charge in [0.15, 0.2) is 0 Å². The van der Waals surface area contributed by atoms with Gasteiger partial charge in [0.2, 0.25) is 5.91 Å². The first kappa shape index (κ1) is 15.0. The molecule has 1 aromatic rings. The topological polar surface area (TPSA) is 86.6 Å². The van der Waals surface area contributed by atoms with Crippen LogP contribution in [0.4, 0.5) is 0 Å². The summed E-state index contributed by atoms with van der Waals surface area (Å²) in [6.45, 7) is 2.23. The molecule has 1 unspecified atom stereocenters. The summed E-state index contributed by atoms with van der Waals surface area (Å²) in [5.74, 6) is -1.05. The smallest absolute Gasteiger partial charge is 0.303 e. The summed E-state index contributed by atoms with van der Waals surface area (Å²) in [6, 6.07) is 6.66. The average Bonchev–Trinajstić information content (AvgIpc) is 2.37. The number of rotatable bonds is 7. The number of carbonyl (C=O) groups excluding carboxylic acids is 1. The predicted molar refractivity (Wildman–Crippen MR) is 70.9 cm³/mol. The molecule has 0 aliphatic rings. The van der Waals surface area contributed by atoms with Gasteiger partial charge in [-0.2, -0.15) is 0 Å². The van der Waals surface area contributed by atoms with Gasteiger partial charge in [0, 0.05) is 18.5 Å². The highest BCUT2D eigenvalue weighted by molar-refractivity contribution is 5.79. The first-order chi connectivity index (χ1) is 9.02. The van der Waals surface area contributed by atoms with Crippen LogP contribution >= 0.6 is 0 Å². The minimum absolute atomic E-state index is 0.0490. The van der Waals surface area contributed by atoms with E-state index in [0.717, 1.165) is 0 Å². The highest BCUT2D eigenvalue weighted by Gasteiger charge is 2.13. The lowest BCUT2D eigenvalue weighted by molar-refractivity contribution is -0.138. The number of amides is 1. The summed E-state index contributed by atoms with van der Waals surface area (Å²) in [5.41, 5.74) is 0.561. The molecule has 1 amide bonds. The van der Waals surface area contributed by atoms with Crippen molar-refractivity contribution in [2.75, 3.05) is 6.54 Å². The SMILES string of the molecule is CCC(CNC(=O)Cc1ccccc1O)CC(=O)O. The molecular formula is C14H19NO4. The summed E-state index contributed by atoms with van der Waals surface area (Å²) in [4.78, 5) is 22.3. The molecule has 0 saturated heterocycles. The lowest BCUT2D eigenvalue weighted by Gasteiger charge is -2.13.